The van der Waals surface area contributed by atoms with Crippen molar-refractivity contribution in [3.63, 3.8) is 0 Å². The molecule has 0 amide bonds. The van der Waals surface area contributed by atoms with E-state index in [1.54, 1.807) is 6.20 Å². The van der Waals surface area contributed by atoms with Crippen molar-refractivity contribution in [3.05, 3.63) is 18.1 Å². The van der Waals surface area contributed by atoms with Crippen LogP contribution in [0.3, 0.4) is 0 Å². The zero-order chi connectivity index (χ0) is 12.4. The first-order valence-corrected chi connectivity index (χ1v) is 5.88. The summed E-state index contributed by atoms with van der Waals surface area (Å²) in [5, 5.41) is 8.75. The van der Waals surface area contributed by atoms with E-state index in [4.69, 9.17) is 5.11 Å². The van der Waals surface area contributed by atoms with Gasteiger partial charge in [-0.25, -0.2) is 14.8 Å². The van der Waals surface area contributed by atoms with Crippen LogP contribution in [-0.4, -0.2) is 34.1 Å². The summed E-state index contributed by atoms with van der Waals surface area (Å²) in [5.74, 6) is 1.10. The van der Waals surface area contributed by atoms with Gasteiger partial charge in [0.2, 0.25) is 0 Å². The van der Waals surface area contributed by atoms with Crippen LogP contribution in [0.15, 0.2) is 12.4 Å². The maximum Gasteiger partial charge on any atom is 0.356 e. The number of hydrogen-bond donors (Lipinski definition) is 1. The van der Waals surface area contributed by atoms with Crippen LogP contribution in [0.4, 0.5) is 5.82 Å². The molecule has 1 aliphatic heterocycles. The van der Waals surface area contributed by atoms with Crippen LogP contribution in [0.25, 0.3) is 0 Å². The normalized spacial score (nSPS) is 24.7. The third-order valence-electron chi connectivity index (χ3n) is 3.52. The maximum absolute atomic E-state index is 10.7. The predicted molar refractivity (Wildman–Crippen MR) is 64.1 cm³/mol. The highest BCUT2D eigenvalue weighted by Crippen LogP contribution is 2.25. The number of aromatic nitrogens is 2. The summed E-state index contributed by atoms with van der Waals surface area (Å²) < 4.78 is 0. The minimum atomic E-state index is -1.04. The molecule has 2 rings (SSSR count). The van der Waals surface area contributed by atoms with Gasteiger partial charge in [-0.2, -0.15) is 0 Å². The summed E-state index contributed by atoms with van der Waals surface area (Å²) >= 11 is 0. The lowest BCUT2D eigenvalue weighted by molar-refractivity contribution is 0.0690. The lowest BCUT2D eigenvalue weighted by atomic mass is 9.89. The van der Waals surface area contributed by atoms with E-state index in [1.807, 2.05) is 0 Å². The Hall–Kier alpha value is -1.65. The lowest BCUT2D eigenvalue weighted by Gasteiger charge is -2.35. The van der Waals surface area contributed by atoms with E-state index in [0.29, 0.717) is 5.92 Å². The maximum atomic E-state index is 10.7. The largest absolute Gasteiger partial charge is 0.476 e. The molecule has 1 aromatic rings. The number of hydrogen-bond acceptors (Lipinski definition) is 4. The van der Waals surface area contributed by atoms with Gasteiger partial charge in [0.15, 0.2) is 5.69 Å². The van der Waals surface area contributed by atoms with Gasteiger partial charge in [0.1, 0.15) is 5.82 Å². The molecule has 2 heterocycles. The summed E-state index contributed by atoms with van der Waals surface area (Å²) in [6.45, 7) is 6.42. The highest BCUT2D eigenvalue weighted by atomic mass is 16.4. The first kappa shape index (κ1) is 11.8. The van der Waals surface area contributed by atoms with Crippen molar-refractivity contribution in [2.45, 2.75) is 20.3 Å². The molecule has 2 unspecified atom stereocenters. The van der Waals surface area contributed by atoms with Gasteiger partial charge >= 0.3 is 5.97 Å². The Morgan fingerprint density at radius 1 is 1.35 bits per heavy atom. The van der Waals surface area contributed by atoms with Gasteiger partial charge in [-0.3, -0.25) is 0 Å². The van der Waals surface area contributed by atoms with E-state index in [-0.39, 0.29) is 5.69 Å². The molecule has 0 aromatic carbocycles. The molecule has 1 N–H and O–H groups in total. The molecule has 0 aliphatic carbocycles. The molecule has 5 heteroatoms. The number of carboxylic acids is 1. The molecule has 0 saturated carbocycles. The molecule has 92 valence electrons. The average molecular weight is 235 g/mol. The van der Waals surface area contributed by atoms with Crippen LogP contribution in [0.5, 0.6) is 0 Å². The second-order valence-corrected chi connectivity index (χ2v) is 4.75. The Morgan fingerprint density at radius 2 is 2.12 bits per heavy atom. The predicted octanol–water partition coefficient (Wildman–Crippen LogP) is 1.66. The summed E-state index contributed by atoms with van der Waals surface area (Å²) in [6.07, 6.45) is 4.01. The van der Waals surface area contributed by atoms with Gasteiger partial charge in [-0.15, -0.1) is 0 Å². The quantitative estimate of drug-likeness (QED) is 0.844. The van der Waals surface area contributed by atoms with Crippen LogP contribution in [0, 0.1) is 11.8 Å². The minimum absolute atomic E-state index is 0.00724. The Morgan fingerprint density at radius 3 is 2.65 bits per heavy atom. The Kier molecular flexibility index (Phi) is 3.26. The van der Waals surface area contributed by atoms with Gasteiger partial charge in [0, 0.05) is 13.1 Å². The highest BCUT2D eigenvalue weighted by molar-refractivity contribution is 5.84. The van der Waals surface area contributed by atoms with Crippen LogP contribution in [-0.2, 0) is 0 Å². The van der Waals surface area contributed by atoms with Crippen LogP contribution in [0.1, 0.15) is 30.8 Å². The van der Waals surface area contributed by atoms with Crippen molar-refractivity contribution in [2.24, 2.45) is 11.8 Å². The molecule has 1 saturated heterocycles. The van der Waals surface area contributed by atoms with Gasteiger partial charge in [-0.1, -0.05) is 13.8 Å². The number of carbonyl (C=O) groups is 1. The standard InChI is InChI=1S/C12H17N3O2/c1-8-3-4-15(7-9(8)2)11-6-13-10(5-14-11)12(16)17/h5-6,8-9H,3-4,7H2,1-2H3,(H,16,17). The first-order chi connectivity index (χ1) is 8.08. The van der Waals surface area contributed by atoms with E-state index in [0.717, 1.165) is 31.2 Å². The van der Waals surface area contributed by atoms with Crippen LogP contribution < -0.4 is 4.90 Å². The summed E-state index contributed by atoms with van der Waals surface area (Å²) in [4.78, 5) is 20.9. The molecule has 1 aliphatic rings. The van der Waals surface area contributed by atoms with Crippen LogP contribution >= 0.6 is 0 Å². The van der Waals surface area contributed by atoms with E-state index in [9.17, 15) is 4.79 Å². The second kappa shape index (κ2) is 4.69. The molecular formula is C12H17N3O2. The molecule has 0 bridgehead atoms. The summed E-state index contributed by atoms with van der Waals surface area (Å²) in [5.41, 5.74) is -0.00724. The topological polar surface area (TPSA) is 66.3 Å². The van der Waals surface area contributed by atoms with Gasteiger partial charge < -0.3 is 10.0 Å². The number of aromatic carboxylic acids is 1. The monoisotopic (exact) mass is 235 g/mol. The van der Waals surface area contributed by atoms with Crippen molar-refractivity contribution in [2.75, 3.05) is 18.0 Å². The molecule has 5 nitrogen and oxygen atoms in total. The Labute approximate surface area is 100 Å². The summed E-state index contributed by atoms with van der Waals surface area (Å²) in [6, 6.07) is 0. The van der Waals surface area contributed by atoms with E-state index in [2.05, 4.69) is 28.7 Å². The number of rotatable bonds is 2. The Bertz CT molecular complexity index is 405. The molecule has 1 fully saturated rings. The van der Waals surface area contributed by atoms with Crippen LogP contribution in [0.2, 0.25) is 0 Å². The fraction of sp³-hybridized carbons (Fsp3) is 0.583. The fourth-order valence-corrected chi connectivity index (χ4v) is 2.07. The lowest BCUT2D eigenvalue weighted by Crippen LogP contribution is -2.38. The van der Waals surface area contributed by atoms with E-state index < -0.39 is 5.97 Å². The van der Waals surface area contributed by atoms with Gasteiger partial charge in [0.25, 0.3) is 0 Å². The van der Waals surface area contributed by atoms with Crippen molar-refractivity contribution >= 4 is 11.8 Å². The third-order valence-corrected chi connectivity index (χ3v) is 3.52. The minimum Gasteiger partial charge on any atom is -0.476 e. The van der Waals surface area contributed by atoms with Gasteiger partial charge in [0.05, 0.1) is 12.4 Å². The molecule has 1 aromatic heterocycles. The smallest absolute Gasteiger partial charge is 0.356 e. The number of nitrogens with zero attached hydrogens (tertiary/aromatic N) is 3. The molecule has 2 atom stereocenters. The highest BCUT2D eigenvalue weighted by Gasteiger charge is 2.23. The number of carboxylic acid groups (broad SMARTS) is 1. The van der Waals surface area contributed by atoms with E-state index in [1.165, 1.54) is 6.20 Å². The van der Waals surface area contributed by atoms with Crippen molar-refractivity contribution < 1.29 is 9.90 Å². The molecule has 0 spiro atoms. The zero-order valence-electron chi connectivity index (χ0n) is 10.1. The second-order valence-electron chi connectivity index (χ2n) is 4.75. The fourth-order valence-electron chi connectivity index (χ4n) is 2.07. The summed E-state index contributed by atoms with van der Waals surface area (Å²) in [7, 11) is 0. The zero-order valence-corrected chi connectivity index (χ0v) is 10.1. The Balaban J connectivity index is 2.10. The average Bonchev–Trinajstić information content (AvgIpc) is 2.33. The SMILES string of the molecule is CC1CCN(c2cnc(C(=O)O)cn2)CC1C. The van der Waals surface area contributed by atoms with Crippen molar-refractivity contribution in [1.29, 1.82) is 0 Å². The molecular weight excluding hydrogens is 218 g/mol. The first-order valence-electron chi connectivity index (χ1n) is 5.88. The van der Waals surface area contributed by atoms with E-state index >= 15 is 0 Å². The number of piperidine rings is 1. The van der Waals surface area contributed by atoms with Crippen molar-refractivity contribution in [3.8, 4) is 0 Å². The molecule has 17 heavy (non-hydrogen) atoms. The molecule has 0 radical (unpaired) electrons. The number of anilines is 1. The third kappa shape index (κ3) is 2.54. The van der Waals surface area contributed by atoms with Gasteiger partial charge in [-0.05, 0) is 18.3 Å². The van der Waals surface area contributed by atoms with Crippen molar-refractivity contribution in [1.82, 2.24) is 9.97 Å².